The lowest BCUT2D eigenvalue weighted by molar-refractivity contribution is -0.131. The number of rotatable bonds is 7. The molecule has 0 unspecified atom stereocenters. The first-order chi connectivity index (χ1) is 13.5. The largest absolute Gasteiger partial charge is 0.394 e. The van der Waals surface area contributed by atoms with Gasteiger partial charge in [-0.25, -0.2) is 4.79 Å². The normalized spacial score (nSPS) is 17.4. The average Bonchev–Trinajstić information content (AvgIpc) is 2.94. The van der Waals surface area contributed by atoms with Crippen LogP contribution in [0.25, 0.3) is 0 Å². The summed E-state index contributed by atoms with van der Waals surface area (Å²) in [6.45, 7) is -0.200. The lowest BCUT2D eigenvalue weighted by atomic mass is 10.1. The van der Waals surface area contributed by atoms with Gasteiger partial charge in [0.25, 0.3) is 5.91 Å². The predicted molar refractivity (Wildman–Crippen MR) is 103 cm³/mol. The fraction of sp³-hybridized carbons (Fsp3) is 0.250. The summed E-state index contributed by atoms with van der Waals surface area (Å²) in [6.07, 6.45) is -0.208. The summed E-state index contributed by atoms with van der Waals surface area (Å²) >= 11 is 5.94. The molecular weight excluding hydrogens is 382 g/mol. The molecule has 1 heterocycles. The van der Waals surface area contributed by atoms with E-state index in [9.17, 15) is 19.5 Å². The minimum Gasteiger partial charge on any atom is -0.394 e. The number of hydrogen-bond donors (Lipinski definition) is 3. The number of imide groups is 1. The van der Waals surface area contributed by atoms with E-state index in [1.807, 2.05) is 6.07 Å². The Morgan fingerprint density at radius 3 is 2.61 bits per heavy atom. The minimum absolute atomic E-state index is 0.0760. The number of nitrogens with one attached hydrogen (secondary N) is 2. The Morgan fingerprint density at radius 1 is 1.18 bits per heavy atom. The fourth-order valence-corrected chi connectivity index (χ4v) is 3.25. The van der Waals surface area contributed by atoms with Crippen molar-refractivity contribution in [3.63, 3.8) is 0 Å². The molecule has 0 aromatic heterocycles. The van der Waals surface area contributed by atoms with Crippen LogP contribution in [0.3, 0.4) is 0 Å². The van der Waals surface area contributed by atoms with Gasteiger partial charge in [0.2, 0.25) is 5.91 Å². The number of halogens is 1. The smallest absolute Gasteiger partial charge is 0.325 e. The molecule has 4 amide bonds. The van der Waals surface area contributed by atoms with Crippen molar-refractivity contribution in [1.82, 2.24) is 15.5 Å². The van der Waals surface area contributed by atoms with Crippen LogP contribution in [0, 0.1) is 0 Å². The molecule has 7 nitrogen and oxygen atoms in total. The molecule has 2 aromatic carbocycles. The van der Waals surface area contributed by atoms with Gasteiger partial charge in [0.15, 0.2) is 0 Å². The van der Waals surface area contributed by atoms with Crippen molar-refractivity contribution in [2.75, 3.05) is 6.61 Å². The number of aliphatic hydroxyl groups is 1. The third-order valence-electron chi connectivity index (χ3n) is 4.45. The highest BCUT2D eigenvalue weighted by Crippen LogP contribution is 2.18. The van der Waals surface area contributed by atoms with Gasteiger partial charge in [-0.05, 0) is 23.3 Å². The molecule has 0 spiro atoms. The average molecular weight is 402 g/mol. The van der Waals surface area contributed by atoms with Crippen molar-refractivity contribution in [2.24, 2.45) is 0 Å². The maximum atomic E-state index is 12.5. The van der Waals surface area contributed by atoms with E-state index in [0.29, 0.717) is 10.6 Å². The maximum Gasteiger partial charge on any atom is 0.325 e. The van der Waals surface area contributed by atoms with Crippen molar-refractivity contribution in [2.45, 2.75) is 25.0 Å². The molecule has 3 rings (SSSR count). The second kappa shape index (κ2) is 8.86. The van der Waals surface area contributed by atoms with Crippen LogP contribution in [0.4, 0.5) is 4.79 Å². The van der Waals surface area contributed by atoms with Crippen LogP contribution < -0.4 is 10.6 Å². The summed E-state index contributed by atoms with van der Waals surface area (Å²) in [5, 5.41) is 15.3. The highest BCUT2D eigenvalue weighted by Gasteiger charge is 2.39. The van der Waals surface area contributed by atoms with E-state index in [-0.39, 0.29) is 19.6 Å². The topological polar surface area (TPSA) is 98.7 Å². The van der Waals surface area contributed by atoms with E-state index in [1.165, 1.54) is 0 Å². The van der Waals surface area contributed by atoms with Gasteiger partial charge in [0.1, 0.15) is 6.04 Å². The summed E-state index contributed by atoms with van der Waals surface area (Å²) in [6, 6.07) is 13.8. The van der Waals surface area contributed by atoms with Crippen molar-refractivity contribution in [3.05, 3.63) is 70.7 Å². The second-order valence-corrected chi connectivity index (χ2v) is 6.91. The number of benzene rings is 2. The predicted octanol–water partition coefficient (Wildman–Crippen LogP) is 2.00. The van der Waals surface area contributed by atoms with Gasteiger partial charge in [-0.2, -0.15) is 0 Å². The Balaban J connectivity index is 1.60. The summed E-state index contributed by atoms with van der Waals surface area (Å²) in [5.74, 6) is -0.911. The molecule has 0 saturated carbocycles. The lowest BCUT2D eigenvalue weighted by Crippen LogP contribution is -2.38. The molecule has 1 fully saturated rings. The number of carbonyl (C=O) groups is 3. The number of amides is 4. The van der Waals surface area contributed by atoms with Crippen molar-refractivity contribution < 1.29 is 19.5 Å². The zero-order valence-electron chi connectivity index (χ0n) is 15.0. The number of nitrogens with zero attached hydrogens (tertiary/aromatic N) is 1. The van der Waals surface area contributed by atoms with Gasteiger partial charge >= 0.3 is 6.03 Å². The Hall–Kier alpha value is -2.90. The zero-order chi connectivity index (χ0) is 20.1. The van der Waals surface area contributed by atoms with Crippen LogP contribution in [-0.2, 0) is 16.1 Å². The summed E-state index contributed by atoms with van der Waals surface area (Å²) in [5.41, 5.74) is 1.47. The van der Waals surface area contributed by atoms with E-state index in [0.717, 1.165) is 10.5 Å². The minimum atomic E-state index is -0.943. The zero-order valence-corrected chi connectivity index (χ0v) is 15.7. The third kappa shape index (κ3) is 4.68. The highest BCUT2D eigenvalue weighted by atomic mass is 35.5. The van der Waals surface area contributed by atoms with Gasteiger partial charge in [-0.15, -0.1) is 0 Å². The Morgan fingerprint density at radius 2 is 1.93 bits per heavy atom. The summed E-state index contributed by atoms with van der Waals surface area (Å²) in [4.78, 5) is 38.1. The lowest BCUT2D eigenvalue weighted by Gasteiger charge is -2.18. The van der Waals surface area contributed by atoms with E-state index in [4.69, 9.17) is 11.6 Å². The van der Waals surface area contributed by atoms with Crippen LogP contribution in [0.5, 0.6) is 0 Å². The summed E-state index contributed by atoms with van der Waals surface area (Å²) < 4.78 is 0. The van der Waals surface area contributed by atoms with Gasteiger partial charge in [-0.1, -0.05) is 54.1 Å². The molecule has 2 atom stereocenters. The van der Waals surface area contributed by atoms with Gasteiger partial charge in [0, 0.05) is 5.02 Å². The molecular formula is C20H20ClN3O4. The van der Waals surface area contributed by atoms with Gasteiger partial charge < -0.3 is 15.7 Å². The van der Waals surface area contributed by atoms with Crippen molar-refractivity contribution >= 4 is 29.4 Å². The van der Waals surface area contributed by atoms with E-state index >= 15 is 0 Å². The quantitative estimate of drug-likeness (QED) is 0.618. The van der Waals surface area contributed by atoms with Crippen LogP contribution in [0.15, 0.2) is 54.6 Å². The molecule has 8 heteroatoms. The first-order valence-corrected chi connectivity index (χ1v) is 9.17. The summed E-state index contributed by atoms with van der Waals surface area (Å²) in [7, 11) is 0. The van der Waals surface area contributed by atoms with Crippen LogP contribution in [0.2, 0.25) is 5.02 Å². The fourth-order valence-electron chi connectivity index (χ4n) is 3.04. The van der Waals surface area contributed by atoms with Crippen LogP contribution in [0.1, 0.15) is 23.6 Å². The maximum absolute atomic E-state index is 12.5. The molecule has 1 aliphatic rings. The monoisotopic (exact) mass is 401 g/mol. The number of hydrogen-bond acceptors (Lipinski definition) is 4. The van der Waals surface area contributed by atoms with Gasteiger partial charge in [0.05, 0.1) is 25.6 Å². The molecule has 1 saturated heterocycles. The van der Waals surface area contributed by atoms with E-state index in [1.54, 1.807) is 48.5 Å². The first-order valence-electron chi connectivity index (χ1n) is 8.79. The molecule has 0 radical (unpaired) electrons. The number of carbonyl (C=O) groups excluding carboxylic acids is 3. The molecule has 2 aromatic rings. The molecule has 3 N–H and O–H groups in total. The second-order valence-electron chi connectivity index (χ2n) is 6.47. The van der Waals surface area contributed by atoms with Gasteiger partial charge in [-0.3, -0.25) is 14.5 Å². The number of urea groups is 1. The molecule has 1 aliphatic heterocycles. The Labute approximate surface area is 167 Å². The number of aliphatic hydroxyl groups excluding tert-OH is 1. The Bertz CT molecular complexity index is 875. The van der Waals surface area contributed by atoms with Crippen LogP contribution in [-0.4, -0.2) is 40.5 Å². The van der Waals surface area contributed by atoms with E-state index < -0.39 is 29.9 Å². The standard InChI is InChI=1S/C20H20ClN3O4/c21-15-8-4-5-13(9-15)11-24-19(27)16(23-20(24)28)10-18(26)22-17(12-25)14-6-2-1-3-7-14/h1-9,16-17,25H,10-12H2,(H,22,26)(H,23,28)/t16-,17+/m0/s1. The van der Waals surface area contributed by atoms with Crippen molar-refractivity contribution in [3.8, 4) is 0 Å². The molecule has 146 valence electrons. The molecule has 0 aliphatic carbocycles. The van der Waals surface area contributed by atoms with Crippen molar-refractivity contribution in [1.29, 1.82) is 0 Å². The van der Waals surface area contributed by atoms with Crippen LogP contribution >= 0.6 is 11.6 Å². The van der Waals surface area contributed by atoms with E-state index in [2.05, 4.69) is 10.6 Å². The Kier molecular flexibility index (Phi) is 6.28. The first kappa shape index (κ1) is 19.9. The SMILES string of the molecule is O=C(C[C@@H]1NC(=O)N(Cc2cccc(Cl)c2)C1=O)N[C@H](CO)c1ccccc1. The molecule has 0 bridgehead atoms. The third-order valence-corrected chi connectivity index (χ3v) is 4.68. The molecule has 28 heavy (non-hydrogen) atoms. The highest BCUT2D eigenvalue weighted by molar-refractivity contribution is 6.30.